The first-order valence-electron chi connectivity index (χ1n) is 18.8. The van der Waals surface area contributed by atoms with Gasteiger partial charge in [-0.05, 0) is 98.9 Å². The van der Waals surface area contributed by atoms with Crippen molar-refractivity contribution in [1.82, 2.24) is 4.72 Å². The SMILES string of the molecule is CO[C@H]1/C=C/C[C@H](C)CS(=O)(NC(=O)CO[C@H]2CCOC[C@H]2F)=NC(=O)c2ccc3c(c2)N(C[C@@H]2CC[C@H]21)C[C@@]1(CCCc2cc(C)ccc21)CO3. The van der Waals surface area contributed by atoms with E-state index in [1.54, 1.807) is 13.2 Å². The van der Waals surface area contributed by atoms with Gasteiger partial charge in [-0.15, -0.1) is 4.36 Å². The van der Waals surface area contributed by atoms with E-state index in [2.05, 4.69) is 51.3 Å². The first-order chi connectivity index (χ1) is 25.0. The average Bonchev–Trinajstić information content (AvgIpc) is 3.25. The van der Waals surface area contributed by atoms with Gasteiger partial charge in [0.1, 0.15) is 28.4 Å². The lowest BCUT2D eigenvalue weighted by atomic mass is 9.68. The molecule has 1 saturated carbocycles. The second kappa shape index (κ2) is 15.6. The molecule has 1 spiro atoms. The molecule has 1 N–H and O–H groups in total. The van der Waals surface area contributed by atoms with Crippen LogP contribution in [0.15, 0.2) is 52.9 Å². The van der Waals surface area contributed by atoms with Gasteiger partial charge in [-0.1, -0.05) is 42.8 Å². The van der Waals surface area contributed by atoms with Gasteiger partial charge in [-0.3, -0.25) is 14.3 Å². The van der Waals surface area contributed by atoms with E-state index in [4.69, 9.17) is 18.9 Å². The minimum Gasteiger partial charge on any atom is -0.490 e. The maximum Gasteiger partial charge on any atom is 0.286 e. The molecule has 2 amide bonds. The number of carbonyl (C=O) groups excluding carboxylic acids is 2. The number of nitrogens with zero attached hydrogens (tertiary/aromatic N) is 2. The number of ether oxygens (including phenoxy) is 4. The normalized spacial score (nSPS) is 34.1. The minimum atomic E-state index is -3.59. The molecule has 2 fully saturated rings. The van der Waals surface area contributed by atoms with Crippen molar-refractivity contribution in [3.05, 3.63) is 70.8 Å². The van der Waals surface area contributed by atoms with Gasteiger partial charge in [0.15, 0.2) is 0 Å². The average molecular weight is 738 g/mol. The fourth-order valence-corrected chi connectivity index (χ4v) is 10.7. The van der Waals surface area contributed by atoms with E-state index in [-0.39, 0.29) is 35.4 Å². The van der Waals surface area contributed by atoms with E-state index in [1.807, 2.05) is 19.1 Å². The van der Waals surface area contributed by atoms with Crippen molar-refractivity contribution >= 4 is 27.4 Å². The van der Waals surface area contributed by atoms with Gasteiger partial charge < -0.3 is 23.8 Å². The molecule has 282 valence electrons. The number of hydrogen-bond donors (Lipinski definition) is 1. The van der Waals surface area contributed by atoms with E-state index in [9.17, 15) is 18.2 Å². The Balaban J connectivity index is 1.23. The van der Waals surface area contributed by atoms with Gasteiger partial charge in [0, 0.05) is 37.8 Å². The number of fused-ring (bicyclic) bond motifs is 4. The summed E-state index contributed by atoms with van der Waals surface area (Å²) in [6, 6.07) is 12.1. The van der Waals surface area contributed by atoms with E-state index >= 15 is 0 Å². The second-order valence-electron chi connectivity index (χ2n) is 15.6. The third kappa shape index (κ3) is 7.95. The van der Waals surface area contributed by atoms with Crippen LogP contribution in [0.25, 0.3) is 0 Å². The zero-order valence-electron chi connectivity index (χ0n) is 30.5. The first kappa shape index (κ1) is 37.0. The molecule has 52 heavy (non-hydrogen) atoms. The molecule has 0 aromatic heterocycles. The van der Waals surface area contributed by atoms with Crippen LogP contribution < -0.4 is 14.4 Å². The number of allylic oxidation sites excluding steroid dienone is 1. The van der Waals surface area contributed by atoms with Crippen molar-refractivity contribution in [2.45, 2.75) is 82.6 Å². The Hall–Kier alpha value is -3.32. The molecular weight excluding hydrogens is 686 g/mol. The fraction of sp³-hybridized carbons (Fsp3) is 0.600. The van der Waals surface area contributed by atoms with Crippen molar-refractivity contribution < 1.29 is 37.1 Å². The molecule has 2 aromatic carbocycles. The van der Waals surface area contributed by atoms with Crippen molar-refractivity contribution in [2.24, 2.45) is 22.1 Å². The molecule has 10 nitrogen and oxygen atoms in total. The summed E-state index contributed by atoms with van der Waals surface area (Å²) in [4.78, 5) is 29.5. The molecule has 1 saturated heterocycles. The number of halogens is 1. The van der Waals surface area contributed by atoms with Crippen LogP contribution >= 0.6 is 0 Å². The van der Waals surface area contributed by atoms with E-state index < -0.39 is 40.6 Å². The highest BCUT2D eigenvalue weighted by Gasteiger charge is 2.44. The van der Waals surface area contributed by atoms with E-state index in [1.165, 1.54) is 16.7 Å². The Bertz CT molecular complexity index is 1810. The van der Waals surface area contributed by atoms with E-state index in [0.717, 1.165) is 50.9 Å². The number of carbonyl (C=O) groups is 2. The standard InChI is InChI=1S/C40H52FN3O7S/c1-26-9-13-32-28(18-26)7-5-16-40(32)24-44-20-30-10-12-31(30)35(48-3)8-4-6-27(2)23-52(47,42-38(45)22-50-36-15-17-49-21-33(36)41)43-39(46)29-11-14-37(51-25-40)34(44)19-29/h4,8-9,11,13-14,18-19,27,30-31,33,35-36H,5-7,10,12,15-17,20-25H2,1-3H3,(H,42,43,45,46,47)/b8-4+/t27-,30-,31+,33+,35-,36-,40-,52?/m0/s1. The minimum absolute atomic E-state index is 0.0525. The van der Waals surface area contributed by atoms with Crippen LogP contribution in [0.1, 0.15) is 72.5 Å². The van der Waals surface area contributed by atoms with Crippen LogP contribution in [0.4, 0.5) is 10.1 Å². The molecule has 0 radical (unpaired) electrons. The molecule has 3 heterocycles. The third-order valence-electron chi connectivity index (χ3n) is 11.6. The summed E-state index contributed by atoms with van der Waals surface area (Å²) in [5.74, 6) is -0.229. The number of nitrogens with one attached hydrogen (secondary N) is 1. The summed E-state index contributed by atoms with van der Waals surface area (Å²) in [5.41, 5.74) is 4.83. The quantitative estimate of drug-likeness (QED) is 0.378. The number of benzene rings is 2. The number of alkyl halides is 1. The Labute approximate surface area is 307 Å². The summed E-state index contributed by atoms with van der Waals surface area (Å²) < 4.78 is 58.8. The second-order valence-corrected chi connectivity index (χ2v) is 17.6. The summed E-state index contributed by atoms with van der Waals surface area (Å²) >= 11 is 0. The first-order valence-corrected chi connectivity index (χ1v) is 20.5. The van der Waals surface area contributed by atoms with Crippen molar-refractivity contribution in [1.29, 1.82) is 0 Å². The van der Waals surface area contributed by atoms with Crippen LogP contribution in [0, 0.1) is 24.7 Å². The highest BCUT2D eigenvalue weighted by Crippen LogP contribution is 2.47. The van der Waals surface area contributed by atoms with Crippen LogP contribution in [-0.2, 0) is 40.8 Å². The number of aryl methyl sites for hydroxylation is 2. The summed E-state index contributed by atoms with van der Waals surface area (Å²) in [6.45, 7) is 5.83. The van der Waals surface area contributed by atoms with Gasteiger partial charge in [-0.2, -0.15) is 0 Å². The molecule has 8 atom stereocenters. The summed E-state index contributed by atoms with van der Waals surface area (Å²) in [6.07, 6.45) is 8.06. The highest BCUT2D eigenvalue weighted by atomic mass is 32.2. The number of anilines is 1. The van der Waals surface area contributed by atoms with Crippen molar-refractivity contribution in [3.63, 3.8) is 0 Å². The zero-order valence-corrected chi connectivity index (χ0v) is 31.3. The van der Waals surface area contributed by atoms with Crippen LogP contribution in [0.3, 0.4) is 0 Å². The van der Waals surface area contributed by atoms with Crippen LogP contribution in [-0.4, -0.2) is 86.8 Å². The molecule has 2 aromatic rings. The predicted molar refractivity (Wildman–Crippen MR) is 198 cm³/mol. The molecule has 2 aliphatic carbocycles. The third-order valence-corrected chi connectivity index (χ3v) is 13.7. The van der Waals surface area contributed by atoms with Crippen LogP contribution in [0.5, 0.6) is 5.75 Å². The molecule has 1 unspecified atom stereocenters. The lowest BCUT2D eigenvalue weighted by Crippen LogP contribution is -2.49. The largest absolute Gasteiger partial charge is 0.490 e. The van der Waals surface area contributed by atoms with Crippen molar-refractivity contribution in [2.75, 3.05) is 57.3 Å². The maximum absolute atomic E-state index is 14.4. The Morgan fingerprint density at radius 2 is 2.06 bits per heavy atom. The Kier molecular flexibility index (Phi) is 11.1. The lowest BCUT2D eigenvalue weighted by Gasteiger charge is -2.46. The Morgan fingerprint density at radius 3 is 2.85 bits per heavy atom. The zero-order chi connectivity index (χ0) is 36.5. The molecular formula is C40H52FN3O7S. The van der Waals surface area contributed by atoms with Gasteiger partial charge >= 0.3 is 0 Å². The molecule has 5 aliphatic rings. The highest BCUT2D eigenvalue weighted by molar-refractivity contribution is 7.92. The molecule has 2 bridgehead atoms. The fourth-order valence-electron chi connectivity index (χ4n) is 8.79. The summed E-state index contributed by atoms with van der Waals surface area (Å²) in [5, 5.41) is 0. The van der Waals surface area contributed by atoms with Crippen molar-refractivity contribution in [3.8, 4) is 5.75 Å². The number of methoxy groups -OCH3 is 1. The lowest BCUT2D eigenvalue weighted by molar-refractivity contribution is -0.132. The topological polar surface area (TPSA) is 116 Å². The van der Waals surface area contributed by atoms with Crippen LogP contribution in [0.2, 0.25) is 0 Å². The van der Waals surface area contributed by atoms with Gasteiger partial charge in [0.25, 0.3) is 11.8 Å². The number of hydrogen-bond acceptors (Lipinski definition) is 8. The Morgan fingerprint density at radius 1 is 1.19 bits per heavy atom. The van der Waals surface area contributed by atoms with Gasteiger partial charge in [-0.25, -0.2) is 8.60 Å². The predicted octanol–water partition coefficient (Wildman–Crippen LogP) is 5.89. The molecule has 7 rings (SSSR count). The molecule has 3 aliphatic heterocycles. The van der Waals surface area contributed by atoms with E-state index in [0.29, 0.717) is 43.6 Å². The summed E-state index contributed by atoms with van der Waals surface area (Å²) in [7, 11) is -1.84. The van der Waals surface area contributed by atoms with Gasteiger partial charge in [0.05, 0.1) is 36.9 Å². The number of rotatable bonds is 5. The monoisotopic (exact) mass is 737 g/mol. The molecule has 12 heteroatoms. The number of amides is 2. The maximum atomic E-state index is 14.4. The van der Waals surface area contributed by atoms with Gasteiger partial charge in [0.2, 0.25) is 0 Å². The smallest absolute Gasteiger partial charge is 0.286 e.